The van der Waals surface area contributed by atoms with E-state index in [1.54, 1.807) is 6.07 Å². The van der Waals surface area contributed by atoms with E-state index in [2.05, 4.69) is 16.3 Å². The number of carbonyl (C=O) groups excluding carboxylic acids is 1. The van der Waals surface area contributed by atoms with Gasteiger partial charge in [-0.1, -0.05) is 37.6 Å². The van der Waals surface area contributed by atoms with Crippen LogP contribution < -0.4 is 5.56 Å². The minimum absolute atomic E-state index is 0.0655. The van der Waals surface area contributed by atoms with E-state index >= 15 is 0 Å². The van der Waals surface area contributed by atoms with Crippen LogP contribution in [0.5, 0.6) is 0 Å². The summed E-state index contributed by atoms with van der Waals surface area (Å²) in [6.45, 7) is 5.54. The van der Waals surface area contributed by atoms with Crippen LogP contribution in [0.4, 0.5) is 0 Å². The Hall–Kier alpha value is -2.14. The molecule has 1 aliphatic heterocycles. The lowest BCUT2D eigenvalue weighted by Crippen LogP contribution is -2.39. The summed E-state index contributed by atoms with van der Waals surface area (Å²) in [5, 5.41) is 7.03. The molecule has 0 spiro atoms. The summed E-state index contributed by atoms with van der Waals surface area (Å²) in [5.74, 6) is 0.648. The fourth-order valence-electron chi connectivity index (χ4n) is 3.12. The Bertz CT molecular complexity index is 747. The number of aromatic nitrogens is 2. The van der Waals surface area contributed by atoms with E-state index in [1.807, 2.05) is 36.9 Å². The number of nitrogens with one attached hydrogen (secondary N) is 1. The van der Waals surface area contributed by atoms with Crippen molar-refractivity contribution in [3.8, 4) is 0 Å². The lowest BCUT2D eigenvalue weighted by atomic mass is 9.90. The molecule has 1 saturated heterocycles. The normalized spacial score (nSPS) is 14.5. The van der Waals surface area contributed by atoms with Crippen LogP contribution in [0.2, 0.25) is 5.02 Å². The van der Waals surface area contributed by atoms with Gasteiger partial charge in [-0.2, -0.15) is 5.10 Å². The molecule has 1 aromatic heterocycles. The van der Waals surface area contributed by atoms with Gasteiger partial charge in [0.2, 0.25) is 5.91 Å². The van der Waals surface area contributed by atoms with E-state index in [1.165, 1.54) is 11.6 Å². The highest BCUT2D eigenvalue weighted by atomic mass is 35.5. The summed E-state index contributed by atoms with van der Waals surface area (Å²) >= 11 is 6.03. The fraction of sp³-hybridized carbons (Fsp3) is 0.450. The van der Waals surface area contributed by atoms with Crippen LogP contribution in [0.15, 0.2) is 41.2 Å². The fourth-order valence-corrected chi connectivity index (χ4v) is 3.34. The maximum absolute atomic E-state index is 12.3. The van der Waals surface area contributed by atoms with Crippen molar-refractivity contribution in [3.05, 3.63) is 63.0 Å². The van der Waals surface area contributed by atoms with Crippen LogP contribution in [0.3, 0.4) is 0 Å². The zero-order valence-corrected chi connectivity index (χ0v) is 16.1. The number of likely N-dealkylation sites (tertiary alicyclic amines) is 1. The number of rotatable bonds is 4. The number of hydrogen-bond acceptors (Lipinski definition) is 3. The number of aromatic amines is 1. The molecule has 3 rings (SSSR count). The molecular formula is C20H26ClN3O2. The van der Waals surface area contributed by atoms with Crippen LogP contribution in [0.1, 0.15) is 37.9 Å². The highest BCUT2D eigenvalue weighted by molar-refractivity contribution is 6.30. The maximum Gasteiger partial charge on any atom is 0.264 e. The Kier molecular flexibility index (Phi) is 7.85. The maximum atomic E-state index is 12.3. The molecule has 1 N–H and O–H groups in total. The predicted molar refractivity (Wildman–Crippen MR) is 104 cm³/mol. The molecule has 5 nitrogen and oxygen atoms in total. The van der Waals surface area contributed by atoms with Gasteiger partial charge in [0.25, 0.3) is 5.56 Å². The highest BCUT2D eigenvalue weighted by Crippen LogP contribution is 2.23. The Balaban J connectivity index is 0.00000117. The van der Waals surface area contributed by atoms with Gasteiger partial charge >= 0.3 is 0 Å². The van der Waals surface area contributed by atoms with Gasteiger partial charge in [0.1, 0.15) is 0 Å². The van der Waals surface area contributed by atoms with Gasteiger partial charge in [-0.3, -0.25) is 9.59 Å². The summed E-state index contributed by atoms with van der Waals surface area (Å²) in [6.07, 6.45) is 3.23. The number of H-pyrrole nitrogens is 1. The molecule has 2 heterocycles. The van der Waals surface area contributed by atoms with Crippen molar-refractivity contribution in [3.63, 3.8) is 0 Å². The molecule has 0 aliphatic carbocycles. The van der Waals surface area contributed by atoms with E-state index in [4.69, 9.17) is 11.6 Å². The molecule has 0 saturated carbocycles. The minimum atomic E-state index is -0.256. The second-order valence-corrected chi connectivity index (χ2v) is 6.68. The Morgan fingerprint density at radius 1 is 1.23 bits per heavy atom. The molecule has 2 aromatic rings. The van der Waals surface area contributed by atoms with E-state index in [0.29, 0.717) is 11.6 Å². The molecule has 0 radical (unpaired) electrons. The molecule has 0 atom stereocenters. The van der Waals surface area contributed by atoms with E-state index in [9.17, 15) is 9.59 Å². The Morgan fingerprint density at radius 2 is 1.96 bits per heavy atom. The first kappa shape index (κ1) is 20.2. The molecule has 140 valence electrons. The highest BCUT2D eigenvalue weighted by Gasteiger charge is 2.23. The third-order valence-electron chi connectivity index (χ3n) is 4.45. The van der Waals surface area contributed by atoms with E-state index < -0.39 is 0 Å². The second kappa shape index (κ2) is 10.1. The van der Waals surface area contributed by atoms with Crippen molar-refractivity contribution < 1.29 is 4.79 Å². The summed E-state index contributed by atoms with van der Waals surface area (Å²) in [6, 6.07) is 11.0. The zero-order chi connectivity index (χ0) is 18.9. The molecule has 0 unspecified atom stereocenters. The van der Waals surface area contributed by atoms with Gasteiger partial charge < -0.3 is 4.90 Å². The number of carbonyl (C=O) groups is 1. The first-order chi connectivity index (χ1) is 12.6. The van der Waals surface area contributed by atoms with Crippen molar-refractivity contribution in [2.45, 2.75) is 39.5 Å². The summed E-state index contributed by atoms with van der Waals surface area (Å²) in [7, 11) is 0. The third kappa shape index (κ3) is 5.99. The number of piperidine rings is 1. The van der Waals surface area contributed by atoms with Crippen LogP contribution in [-0.2, 0) is 17.6 Å². The lowest BCUT2D eigenvalue weighted by Gasteiger charge is -2.32. The van der Waals surface area contributed by atoms with Crippen molar-refractivity contribution in [2.75, 3.05) is 13.1 Å². The van der Waals surface area contributed by atoms with Crippen molar-refractivity contribution in [1.82, 2.24) is 15.1 Å². The smallest absolute Gasteiger partial charge is 0.264 e. The van der Waals surface area contributed by atoms with E-state index in [0.717, 1.165) is 37.4 Å². The molecule has 1 amide bonds. The summed E-state index contributed by atoms with van der Waals surface area (Å²) < 4.78 is 0. The molecular weight excluding hydrogens is 350 g/mol. The average molecular weight is 376 g/mol. The number of halogens is 1. The first-order valence-electron chi connectivity index (χ1n) is 9.17. The van der Waals surface area contributed by atoms with Gasteiger partial charge in [0.15, 0.2) is 0 Å². The van der Waals surface area contributed by atoms with Crippen molar-refractivity contribution >= 4 is 17.5 Å². The molecule has 0 bridgehead atoms. The van der Waals surface area contributed by atoms with Gasteiger partial charge in [-0.15, -0.1) is 0 Å². The average Bonchev–Trinajstić information content (AvgIpc) is 2.66. The van der Waals surface area contributed by atoms with Gasteiger partial charge in [-0.25, -0.2) is 5.10 Å². The topological polar surface area (TPSA) is 66.1 Å². The number of nitrogens with zero attached hydrogens (tertiary/aromatic N) is 2. The molecule has 26 heavy (non-hydrogen) atoms. The summed E-state index contributed by atoms with van der Waals surface area (Å²) in [5.41, 5.74) is 1.60. The van der Waals surface area contributed by atoms with Gasteiger partial charge in [0, 0.05) is 24.2 Å². The number of benzene rings is 1. The van der Waals surface area contributed by atoms with E-state index in [-0.39, 0.29) is 17.9 Å². The molecule has 1 aliphatic rings. The number of hydrogen-bond donors (Lipinski definition) is 1. The van der Waals surface area contributed by atoms with Crippen LogP contribution in [0, 0.1) is 5.92 Å². The first-order valence-corrected chi connectivity index (χ1v) is 9.55. The molecule has 1 aromatic carbocycles. The zero-order valence-electron chi connectivity index (χ0n) is 15.4. The number of amides is 1. The molecule has 1 fully saturated rings. The van der Waals surface area contributed by atoms with Crippen molar-refractivity contribution in [2.24, 2.45) is 5.92 Å². The van der Waals surface area contributed by atoms with Crippen LogP contribution >= 0.6 is 11.6 Å². The summed E-state index contributed by atoms with van der Waals surface area (Å²) in [4.78, 5) is 25.2. The standard InChI is InChI=1S/C18H20ClN3O2.C2H6/c19-15-3-1-2-14(11-15)10-13-6-8-22(9-7-13)18(24)12-16-4-5-17(23)21-20-16;1-2/h1-5,11,13H,6-10,12H2,(H,21,23);1-2H3. The molecule has 6 heteroatoms. The van der Waals surface area contributed by atoms with Gasteiger partial charge in [-0.05, 0) is 48.9 Å². The van der Waals surface area contributed by atoms with Gasteiger partial charge in [0.05, 0.1) is 12.1 Å². The largest absolute Gasteiger partial charge is 0.342 e. The predicted octanol–water partition coefficient (Wildman–Crippen LogP) is 3.47. The minimum Gasteiger partial charge on any atom is -0.342 e. The Labute approximate surface area is 159 Å². The third-order valence-corrected chi connectivity index (χ3v) is 4.68. The Morgan fingerprint density at radius 3 is 2.58 bits per heavy atom. The van der Waals surface area contributed by atoms with Crippen LogP contribution in [-0.4, -0.2) is 34.1 Å². The SMILES string of the molecule is CC.O=C(Cc1ccc(=O)[nH]n1)N1CCC(Cc2cccc(Cl)c2)CC1. The lowest BCUT2D eigenvalue weighted by molar-refractivity contribution is -0.131. The van der Waals surface area contributed by atoms with Crippen molar-refractivity contribution in [1.29, 1.82) is 0 Å². The quantitative estimate of drug-likeness (QED) is 0.889. The monoisotopic (exact) mass is 375 g/mol. The second-order valence-electron chi connectivity index (χ2n) is 6.25. The van der Waals surface area contributed by atoms with Crippen LogP contribution in [0.25, 0.3) is 0 Å².